The average Bonchev–Trinajstić information content (AvgIpc) is 2.99. The van der Waals surface area contributed by atoms with Crippen LogP contribution in [-0.4, -0.2) is 27.7 Å². The molecule has 4 rings (SSSR count). The molecule has 3 aromatic rings. The van der Waals surface area contributed by atoms with Crippen molar-refractivity contribution in [3.63, 3.8) is 0 Å². The fourth-order valence-corrected chi connectivity index (χ4v) is 2.94. The van der Waals surface area contributed by atoms with Crippen LogP contribution in [0.2, 0.25) is 0 Å². The Kier molecular flexibility index (Phi) is 4.69. The molecule has 0 saturated heterocycles. The Hall–Kier alpha value is -4.53. The molecule has 1 heterocycles. The first-order valence-corrected chi connectivity index (χ1v) is 8.75. The molecule has 0 bridgehead atoms. The van der Waals surface area contributed by atoms with E-state index in [0.29, 0.717) is 10.6 Å². The van der Waals surface area contributed by atoms with E-state index in [9.17, 15) is 24.5 Å². The number of amides is 3. The zero-order chi connectivity index (χ0) is 21.3. The van der Waals surface area contributed by atoms with Gasteiger partial charge in [-0.3, -0.25) is 29.9 Å². The molecule has 1 aliphatic heterocycles. The molecule has 1 N–H and O–H groups in total. The lowest BCUT2D eigenvalue weighted by Gasteiger charge is -2.14. The predicted octanol–water partition coefficient (Wildman–Crippen LogP) is 3.33. The van der Waals surface area contributed by atoms with Crippen molar-refractivity contribution in [3.05, 3.63) is 99.6 Å². The largest absolute Gasteiger partial charge is 0.457 e. The third kappa shape index (κ3) is 3.47. The molecule has 0 fully saturated rings. The molecule has 0 atom stereocenters. The van der Waals surface area contributed by atoms with Gasteiger partial charge in [-0.1, -0.05) is 24.3 Å². The second kappa shape index (κ2) is 7.47. The minimum absolute atomic E-state index is 0.0521. The Balaban J connectivity index is 1.55. The van der Waals surface area contributed by atoms with Crippen molar-refractivity contribution in [2.75, 3.05) is 0 Å². The molecular formula is C21H13N3O6. The summed E-state index contributed by atoms with van der Waals surface area (Å²) in [7, 11) is 0. The second-order valence-electron chi connectivity index (χ2n) is 6.32. The van der Waals surface area contributed by atoms with Crippen LogP contribution >= 0.6 is 0 Å². The second-order valence-corrected chi connectivity index (χ2v) is 6.32. The van der Waals surface area contributed by atoms with Gasteiger partial charge < -0.3 is 4.74 Å². The van der Waals surface area contributed by atoms with Gasteiger partial charge in [-0.2, -0.15) is 5.01 Å². The third-order valence-electron chi connectivity index (χ3n) is 4.37. The van der Waals surface area contributed by atoms with Gasteiger partial charge in [0.15, 0.2) is 0 Å². The minimum Gasteiger partial charge on any atom is -0.457 e. The number of nitro groups is 1. The van der Waals surface area contributed by atoms with E-state index < -0.39 is 22.6 Å². The van der Waals surface area contributed by atoms with Gasteiger partial charge in [-0.25, -0.2) is 0 Å². The molecule has 0 aromatic heterocycles. The summed E-state index contributed by atoms with van der Waals surface area (Å²) in [6, 6.07) is 17.9. The standard InChI is InChI=1S/C21H13N3O6/c25-19(13-5-2-1-3-6-13)22-23-20(26)17-10-9-16(12-18(17)21(23)27)30-15-8-4-7-14(11-15)24(28)29/h1-12H,(H,22,25). The van der Waals surface area contributed by atoms with Gasteiger partial charge >= 0.3 is 0 Å². The number of carbonyl (C=O) groups excluding carboxylic acids is 3. The first-order valence-electron chi connectivity index (χ1n) is 8.75. The zero-order valence-corrected chi connectivity index (χ0v) is 15.3. The first-order chi connectivity index (χ1) is 14.4. The Labute approximate surface area is 169 Å². The van der Waals surface area contributed by atoms with E-state index in [2.05, 4.69) is 5.43 Å². The zero-order valence-electron chi connectivity index (χ0n) is 15.3. The van der Waals surface area contributed by atoms with Gasteiger partial charge in [-0.15, -0.1) is 0 Å². The summed E-state index contributed by atoms with van der Waals surface area (Å²) in [5.41, 5.74) is 2.62. The van der Waals surface area contributed by atoms with Gasteiger partial charge in [0.05, 0.1) is 22.1 Å². The van der Waals surface area contributed by atoms with Crippen molar-refractivity contribution in [3.8, 4) is 11.5 Å². The molecule has 0 spiro atoms. The molecule has 0 unspecified atom stereocenters. The van der Waals surface area contributed by atoms with Crippen molar-refractivity contribution in [2.24, 2.45) is 0 Å². The molecule has 0 aliphatic carbocycles. The highest BCUT2D eigenvalue weighted by Crippen LogP contribution is 2.30. The molecule has 9 nitrogen and oxygen atoms in total. The fraction of sp³-hybridized carbons (Fsp3) is 0. The van der Waals surface area contributed by atoms with E-state index in [1.54, 1.807) is 30.3 Å². The number of carbonyl (C=O) groups is 3. The highest BCUT2D eigenvalue weighted by molar-refractivity contribution is 6.22. The number of nitrogens with one attached hydrogen (secondary N) is 1. The summed E-state index contributed by atoms with van der Waals surface area (Å²) in [5.74, 6) is -1.55. The maximum atomic E-state index is 12.7. The third-order valence-corrected chi connectivity index (χ3v) is 4.37. The van der Waals surface area contributed by atoms with Crippen molar-refractivity contribution in [1.82, 2.24) is 10.4 Å². The highest BCUT2D eigenvalue weighted by Gasteiger charge is 2.37. The van der Waals surface area contributed by atoms with Crippen LogP contribution in [-0.2, 0) is 0 Å². The van der Waals surface area contributed by atoms with Crippen LogP contribution in [0.3, 0.4) is 0 Å². The Bertz CT molecular complexity index is 1190. The lowest BCUT2D eigenvalue weighted by atomic mass is 10.1. The van der Waals surface area contributed by atoms with Gasteiger partial charge in [0.2, 0.25) is 0 Å². The van der Waals surface area contributed by atoms with Crippen molar-refractivity contribution >= 4 is 23.4 Å². The molecular weight excluding hydrogens is 390 g/mol. The maximum Gasteiger partial charge on any atom is 0.280 e. The predicted molar refractivity (Wildman–Crippen MR) is 104 cm³/mol. The van der Waals surface area contributed by atoms with Gasteiger partial charge in [-0.05, 0) is 36.4 Å². The van der Waals surface area contributed by atoms with Crippen LogP contribution in [0, 0.1) is 10.1 Å². The summed E-state index contributed by atoms with van der Waals surface area (Å²) in [6.45, 7) is 0. The summed E-state index contributed by atoms with van der Waals surface area (Å²) in [5, 5.41) is 11.5. The minimum atomic E-state index is -0.705. The number of hydrogen-bond acceptors (Lipinski definition) is 6. The number of hydrazine groups is 1. The van der Waals surface area contributed by atoms with E-state index >= 15 is 0 Å². The Morgan fingerprint density at radius 1 is 0.867 bits per heavy atom. The number of non-ortho nitro benzene ring substituents is 1. The number of fused-ring (bicyclic) bond motifs is 1. The van der Waals surface area contributed by atoms with Gasteiger partial charge in [0.25, 0.3) is 23.4 Å². The first kappa shape index (κ1) is 18.8. The van der Waals surface area contributed by atoms with Gasteiger partial charge in [0, 0.05) is 11.6 Å². The van der Waals surface area contributed by atoms with Crippen LogP contribution in [0.5, 0.6) is 11.5 Å². The van der Waals surface area contributed by atoms with E-state index in [1.807, 2.05) is 0 Å². The summed E-state index contributed by atoms with van der Waals surface area (Å²) >= 11 is 0. The number of nitrogens with zero attached hydrogens (tertiary/aromatic N) is 2. The quantitative estimate of drug-likeness (QED) is 0.396. The van der Waals surface area contributed by atoms with Crippen molar-refractivity contribution in [1.29, 1.82) is 0 Å². The topological polar surface area (TPSA) is 119 Å². The number of hydrogen-bond donors (Lipinski definition) is 1. The molecule has 148 valence electrons. The number of rotatable bonds is 5. The molecule has 0 saturated carbocycles. The monoisotopic (exact) mass is 403 g/mol. The average molecular weight is 403 g/mol. The van der Waals surface area contributed by atoms with Crippen LogP contribution in [0.15, 0.2) is 72.8 Å². The lowest BCUT2D eigenvalue weighted by Crippen LogP contribution is -2.45. The molecule has 9 heteroatoms. The van der Waals surface area contributed by atoms with E-state index in [1.165, 1.54) is 42.5 Å². The van der Waals surface area contributed by atoms with E-state index in [-0.39, 0.29) is 28.3 Å². The van der Waals surface area contributed by atoms with Crippen molar-refractivity contribution < 1.29 is 24.0 Å². The number of imide groups is 1. The number of benzene rings is 3. The molecule has 30 heavy (non-hydrogen) atoms. The van der Waals surface area contributed by atoms with Crippen LogP contribution in [0.4, 0.5) is 5.69 Å². The highest BCUT2D eigenvalue weighted by atomic mass is 16.6. The summed E-state index contributed by atoms with van der Waals surface area (Å²) in [6.07, 6.45) is 0. The molecule has 3 aromatic carbocycles. The Morgan fingerprint density at radius 2 is 1.57 bits per heavy atom. The van der Waals surface area contributed by atoms with Crippen LogP contribution in [0.1, 0.15) is 31.1 Å². The van der Waals surface area contributed by atoms with E-state index in [0.717, 1.165) is 0 Å². The normalized spacial score (nSPS) is 12.5. The number of nitro benzene ring substituents is 1. The molecule has 1 aliphatic rings. The van der Waals surface area contributed by atoms with Crippen LogP contribution < -0.4 is 10.2 Å². The SMILES string of the molecule is O=C(NN1C(=O)c2ccc(Oc3cccc([N+](=O)[O-])c3)cc2C1=O)c1ccccc1. The van der Waals surface area contributed by atoms with Gasteiger partial charge in [0.1, 0.15) is 11.5 Å². The smallest absolute Gasteiger partial charge is 0.280 e. The molecule has 3 amide bonds. The summed E-state index contributed by atoms with van der Waals surface area (Å²) < 4.78 is 5.59. The molecule has 0 radical (unpaired) electrons. The lowest BCUT2D eigenvalue weighted by molar-refractivity contribution is -0.384. The maximum absolute atomic E-state index is 12.7. The number of ether oxygens (including phenoxy) is 1. The Morgan fingerprint density at radius 3 is 2.30 bits per heavy atom. The summed E-state index contributed by atoms with van der Waals surface area (Å²) in [4.78, 5) is 47.8. The van der Waals surface area contributed by atoms with Crippen LogP contribution in [0.25, 0.3) is 0 Å². The van der Waals surface area contributed by atoms with Crippen molar-refractivity contribution in [2.45, 2.75) is 0 Å². The van der Waals surface area contributed by atoms with E-state index in [4.69, 9.17) is 4.74 Å². The fourth-order valence-electron chi connectivity index (χ4n) is 2.94.